The summed E-state index contributed by atoms with van der Waals surface area (Å²) in [6.07, 6.45) is 3.24. The molecule has 1 aromatic carbocycles. The van der Waals surface area contributed by atoms with E-state index < -0.39 is 0 Å². The Morgan fingerprint density at radius 1 is 1.32 bits per heavy atom. The van der Waals surface area contributed by atoms with Gasteiger partial charge in [-0.3, -0.25) is 10.1 Å². The van der Waals surface area contributed by atoms with Gasteiger partial charge in [0.05, 0.1) is 12.3 Å². The number of fused-ring (bicyclic) bond motifs is 1. The largest absolute Gasteiger partial charge is 0.494 e. The molecular formula is C20H26N2O2S. The van der Waals surface area contributed by atoms with Crippen molar-refractivity contribution >= 4 is 22.4 Å². The van der Waals surface area contributed by atoms with Crippen LogP contribution in [0.25, 0.3) is 0 Å². The van der Waals surface area contributed by atoms with Crippen molar-refractivity contribution in [1.29, 1.82) is 0 Å². The van der Waals surface area contributed by atoms with Crippen LogP contribution < -0.4 is 10.1 Å². The minimum atomic E-state index is -0.124. The first-order valence-electron chi connectivity index (χ1n) is 8.89. The van der Waals surface area contributed by atoms with Gasteiger partial charge in [0.1, 0.15) is 5.75 Å². The van der Waals surface area contributed by atoms with E-state index in [1.54, 1.807) is 23.5 Å². The molecule has 1 N–H and O–H groups in total. The fourth-order valence-corrected chi connectivity index (χ4v) is 4.29. The van der Waals surface area contributed by atoms with Crippen molar-refractivity contribution in [3.8, 4) is 5.75 Å². The second-order valence-corrected chi connectivity index (χ2v) is 8.69. The highest BCUT2D eigenvalue weighted by Crippen LogP contribution is 2.40. The van der Waals surface area contributed by atoms with Crippen molar-refractivity contribution in [3.63, 3.8) is 0 Å². The molecule has 4 nitrogen and oxygen atoms in total. The molecule has 0 spiro atoms. The van der Waals surface area contributed by atoms with E-state index in [-0.39, 0.29) is 5.91 Å². The third-order valence-corrected chi connectivity index (χ3v) is 5.85. The molecule has 0 fully saturated rings. The van der Waals surface area contributed by atoms with Gasteiger partial charge in [-0.05, 0) is 61.8 Å². The number of thiazole rings is 1. The summed E-state index contributed by atoms with van der Waals surface area (Å²) >= 11 is 1.62. The van der Waals surface area contributed by atoms with Crippen LogP contribution in [0.5, 0.6) is 5.75 Å². The van der Waals surface area contributed by atoms with Gasteiger partial charge in [-0.25, -0.2) is 4.98 Å². The molecule has 1 aliphatic rings. The summed E-state index contributed by atoms with van der Waals surface area (Å²) in [7, 11) is 0. The van der Waals surface area contributed by atoms with E-state index in [4.69, 9.17) is 4.74 Å². The minimum Gasteiger partial charge on any atom is -0.494 e. The van der Waals surface area contributed by atoms with Gasteiger partial charge >= 0.3 is 0 Å². The summed E-state index contributed by atoms with van der Waals surface area (Å²) < 4.78 is 5.41. The number of rotatable bonds is 4. The summed E-state index contributed by atoms with van der Waals surface area (Å²) in [6, 6.07) is 7.20. The first-order chi connectivity index (χ1) is 11.9. The van der Waals surface area contributed by atoms with Gasteiger partial charge in [0.2, 0.25) is 0 Å². The average molecular weight is 359 g/mol. The Balaban J connectivity index is 1.68. The monoisotopic (exact) mass is 358 g/mol. The zero-order chi connectivity index (χ0) is 18.0. The number of carbonyl (C=O) groups is 1. The molecule has 1 aliphatic carbocycles. The molecule has 0 unspecified atom stereocenters. The lowest BCUT2D eigenvalue weighted by atomic mass is 9.73. The summed E-state index contributed by atoms with van der Waals surface area (Å²) in [6.45, 7) is 9.47. The number of anilines is 1. The van der Waals surface area contributed by atoms with Crippen molar-refractivity contribution < 1.29 is 9.53 Å². The van der Waals surface area contributed by atoms with Crippen molar-refractivity contribution in [1.82, 2.24) is 4.98 Å². The van der Waals surface area contributed by atoms with Gasteiger partial charge < -0.3 is 4.74 Å². The Bertz CT molecular complexity index is 744. The van der Waals surface area contributed by atoms with Gasteiger partial charge in [-0.15, -0.1) is 11.3 Å². The topological polar surface area (TPSA) is 51.2 Å². The lowest BCUT2D eigenvalue weighted by Crippen LogP contribution is -2.26. The first kappa shape index (κ1) is 17.9. The molecule has 1 aromatic heterocycles. The Kier molecular flexibility index (Phi) is 5.13. The summed E-state index contributed by atoms with van der Waals surface area (Å²) in [5.41, 5.74) is 2.09. The second-order valence-electron chi connectivity index (χ2n) is 7.61. The fraction of sp³-hybridized carbons (Fsp3) is 0.500. The Labute approximate surface area is 153 Å². The summed E-state index contributed by atoms with van der Waals surface area (Å²) in [5.74, 6) is 1.33. The van der Waals surface area contributed by atoms with Crippen molar-refractivity contribution in [2.75, 3.05) is 11.9 Å². The molecule has 0 aliphatic heterocycles. The third kappa shape index (κ3) is 4.21. The van der Waals surface area contributed by atoms with Crippen LogP contribution in [0.4, 0.5) is 5.13 Å². The molecule has 2 aromatic rings. The summed E-state index contributed by atoms with van der Waals surface area (Å²) in [5, 5.41) is 3.66. The van der Waals surface area contributed by atoms with E-state index in [1.807, 2.05) is 19.1 Å². The maximum absolute atomic E-state index is 12.4. The SMILES string of the molecule is CCOc1ccc(C(=O)Nc2nc3c(s2)C[C@@H](C(C)(C)C)CC3)cc1. The number of ether oxygens (including phenoxy) is 1. The van der Waals surface area contributed by atoms with Crippen LogP contribution in [0, 0.1) is 11.3 Å². The highest BCUT2D eigenvalue weighted by atomic mass is 32.1. The number of carbonyl (C=O) groups excluding carboxylic acids is 1. The predicted molar refractivity (Wildman–Crippen MR) is 103 cm³/mol. The molecule has 1 heterocycles. The lowest BCUT2D eigenvalue weighted by Gasteiger charge is -2.33. The van der Waals surface area contributed by atoms with E-state index >= 15 is 0 Å². The van der Waals surface area contributed by atoms with E-state index in [1.165, 1.54) is 11.3 Å². The maximum atomic E-state index is 12.4. The van der Waals surface area contributed by atoms with Crippen molar-refractivity contribution in [3.05, 3.63) is 40.4 Å². The molecule has 0 saturated heterocycles. The van der Waals surface area contributed by atoms with Gasteiger partial charge in [0.15, 0.2) is 5.13 Å². The smallest absolute Gasteiger partial charge is 0.257 e. The highest BCUT2D eigenvalue weighted by Gasteiger charge is 2.30. The maximum Gasteiger partial charge on any atom is 0.257 e. The summed E-state index contributed by atoms with van der Waals surface area (Å²) in [4.78, 5) is 18.4. The van der Waals surface area contributed by atoms with Crippen LogP contribution in [0.15, 0.2) is 24.3 Å². The predicted octanol–water partition coefficient (Wildman–Crippen LogP) is 4.95. The first-order valence-corrected chi connectivity index (χ1v) is 9.71. The standard InChI is InChI=1S/C20H26N2O2S/c1-5-24-15-9-6-13(7-10-15)18(23)22-19-21-16-11-8-14(20(2,3)4)12-17(16)25-19/h6-7,9-10,14H,5,8,11-12H2,1-4H3,(H,21,22,23)/t14-/m0/s1. The van der Waals surface area contributed by atoms with Crippen molar-refractivity contribution in [2.24, 2.45) is 11.3 Å². The van der Waals surface area contributed by atoms with Gasteiger partial charge in [-0.1, -0.05) is 20.8 Å². The number of aryl methyl sites for hydroxylation is 1. The van der Waals surface area contributed by atoms with Crippen LogP contribution in [0.2, 0.25) is 0 Å². The van der Waals surface area contributed by atoms with Crippen LogP contribution >= 0.6 is 11.3 Å². The quantitative estimate of drug-likeness (QED) is 0.842. The number of amides is 1. The van der Waals surface area contributed by atoms with Crippen molar-refractivity contribution in [2.45, 2.75) is 47.0 Å². The van der Waals surface area contributed by atoms with Gasteiger partial charge in [0.25, 0.3) is 5.91 Å². The highest BCUT2D eigenvalue weighted by molar-refractivity contribution is 7.15. The van der Waals surface area contributed by atoms with E-state index in [9.17, 15) is 4.79 Å². The van der Waals surface area contributed by atoms with Gasteiger partial charge in [-0.2, -0.15) is 0 Å². The molecule has 25 heavy (non-hydrogen) atoms. The molecule has 1 amide bonds. The minimum absolute atomic E-state index is 0.124. The molecule has 1 atom stereocenters. The zero-order valence-electron chi connectivity index (χ0n) is 15.4. The van der Waals surface area contributed by atoms with Crippen LogP contribution in [-0.4, -0.2) is 17.5 Å². The number of hydrogen-bond acceptors (Lipinski definition) is 4. The number of nitrogens with zero attached hydrogens (tertiary/aromatic N) is 1. The van der Waals surface area contributed by atoms with Crippen LogP contribution in [0.3, 0.4) is 0 Å². The normalized spacial score (nSPS) is 17.0. The van der Waals surface area contributed by atoms with Crippen LogP contribution in [0.1, 0.15) is 55.0 Å². The van der Waals surface area contributed by atoms with Crippen LogP contribution in [-0.2, 0) is 12.8 Å². The molecule has 0 bridgehead atoms. The van der Waals surface area contributed by atoms with Gasteiger partial charge in [0, 0.05) is 10.4 Å². The Hall–Kier alpha value is -1.88. The van der Waals surface area contributed by atoms with E-state index in [0.717, 1.165) is 24.3 Å². The molecule has 5 heteroatoms. The number of aromatic nitrogens is 1. The zero-order valence-corrected chi connectivity index (χ0v) is 16.2. The number of benzene rings is 1. The lowest BCUT2D eigenvalue weighted by molar-refractivity contribution is 0.102. The molecule has 3 rings (SSSR count). The third-order valence-electron chi connectivity index (χ3n) is 4.81. The second kappa shape index (κ2) is 7.16. The molecule has 0 radical (unpaired) electrons. The number of nitrogens with one attached hydrogen (secondary N) is 1. The van der Waals surface area contributed by atoms with E-state index in [2.05, 4.69) is 31.1 Å². The van der Waals surface area contributed by atoms with E-state index in [0.29, 0.717) is 28.6 Å². The number of hydrogen-bond donors (Lipinski definition) is 1. The molecular weight excluding hydrogens is 332 g/mol. The Morgan fingerprint density at radius 2 is 2.04 bits per heavy atom. The molecule has 0 saturated carbocycles. The average Bonchev–Trinajstić information content (AvgIpc) is 2.96. The Morgan fingerprint density at radius 3 is 2.68 bits per heavy atom. The molecule has 134 valence electrons. The fourth-order valence-electron chi connectivity index (χ4n) is 3.21.